The number of hydrogen-bond donors (Lipinski definition) is 1. The summed E-state index contributed by atoms with van der Waals surface area (Å²) in [5, 5.41) is 8.63. The van der Waals surface area contributed by atoms with Crippen LogP contribution in [0, 0.1) is 11.3 Å². The van der Waals surface area contributed by atoms with Gasteiger partial charge in [0, 0.05) is 6.04 Å². The zero-order valence-corrected chi connectivity index (χ0v) is 11.4. The molecule has 0 radical (unpaired) electrons. The second kappa shape index (κ2) is 7.64. The van der Waals surface area contributed by atoms with E-state index < -0.39 is 0 Å². The number of nitrogens with two attached hydrogens (primary N) is 1. The maximum atomic E-state index is 8.63. The molecule has 18 heavy (non-hydrogen) atoms. The van der Waals surface area contributed by atoms with Gasteiger partial charge in [0.25, 0.3) is 0 Å². The fraction of sp³-hybridized carbons (Fsp3) is 0.417. The molecule has 0 heterocycles. The second-order valence-electron chi connectivity index (χ2n) is 3.43. The Bertz CT molecular complexity index is 407. The van der Waals surface area contributed by atoms with Crippen LogP contribution in [0.15, 0.2) is 12.1 Å². The number of hydrogen-bond acceptors (Lipinski definition) is 5. The molecule has 100 valence electrons. The van der Waals surface area contributed by atoms with E-state index in [0.29, 0.717) is 17.2 Å². The van der Waals surface area contributed by atoms with Crippen molar-refractivity contribution in [3.05, 3.63) is 17.7 Å². The van der Waals surface area contributed by atoms with Gasteiger partial charge in [-0.1, -0.05) is 0 Å². The largest absolute Gasteiger partial charge is 0.493 e. The molecular formula is C12H17ClN2O3. The zero-order valence-electron chi connectivity index (χ0n) is 10.6. The first-order valence-corrected chi connectivity index (χ1v) is 5.10. The Hall–Kier alpha value is -1.64. The number of nitriles is 1. The Labute approximate surface area is 113 Å². The summed E-state index contributed by atoms with van der Waals surface area (Å²) >= 11 is 0. The SMILES string of the molecule is COc1cc([C@@H](N)CC#N)cc(OC)c1OC.Cl. The summed E-state index contributed by atoms with van der Waals surface area (Å²) in [5.41, 5.74) is 6.65. The number of methoxy groups -OCH3 is 3. The Kier molecular flexibility index (Phi) is 6.94. The summed E-state index contributed by atoms with van der Waals surface area (Å²) in [6, 6.07) is 5.17. The van der Waals surface area contributed by atoms with Crippen molar-refractivity contribution in [1.29, 1.82) is 5.26 Å². The maximum absolute atomic E-state index is 8.63. The highest BCUT2D eigenvalue weighted by molar-refractivity contribution is 5.85. The van der Waals surface area contributed by atoms with Crippen LogP contribution in [0.3, 0.4) is 0 Å². The minimum absolute atomic E-state index is 0. The van der Waals surface area contributed by atoms with Crippen molar-refractivity contribution in [3.8, 4) is 23.3 Å². The van der Waals surface area contributed by atoms with Crippen molar-refractivity contribution in [2.75, 3.05) is 21.3 Å². The molecule has 0 aliphatic rings. The van der Waals surface area contributed by atoms with Crippen LogP contribution in [-0.4, -0.2) is 21.3 Å². The van der Waals surface area contributed by atoms with Gasteiger partial charge < -0.3 is 19.9 Å². The summed E-state index contributed by atoms with van der Waals surface area (Å²) in [6.07, 6.45) is 0.235. The van der Waals surface area contributed by atoms with E-state index in [0.717, 1.165) is 5.56 Å². The number of rotatable bonds is 5. The van der Waals surface area contributed by atoms with Gasteiger partial charge in [0.15, 0.2) is 11.5 Å². The predicted octanol–water partition coefficient (Wildman–Crippen LogP) is 2.05. The first-order chi connectivity index (χ1) is 8.17. The van der Waals surface area contributed by atoms with Crippen molar-refractivity contribution >= 4 is 12.4 Å². The Morgan fingerprint density at radius 3 is 2.00 bits per heavy atom. The first kappa shape index (κ1) is 16.4. The number of nitrogens with zero attached hydrogens (tertiary/aromatic N) is 1. The minimum Gasteiger partial charge on any atom is -0.493 e. The van der Waals surface area contributed by atoms with Gasteiger partial charge in [-0.3, -0.25) is 0 Å². The number of benzene rings is 1. The van der Waals surface area contributed by atoms with Crippen LogP contribution >= 0.6 is 12.4 Å². The highest BCUT2D eigenvalue weighted by atomic mass is 35.5. The molecule has 5 nitrogen and oxygen atoms in total. The van der Waals surface area contributed by atoms with E-state index in [9.17, 15) is 0 Å². The van der Waals surface area contributed by atoms with Gasteiger partial charge in [0.05, 0.1) is 33.8 Å². The molecular weight excluding hydrogens is 256 g/mol. The van der Waals surface area contributed by atoms with E-state index in [1.54, 1.807) is 12.1 Å². The molecule has 0 fully saturated rings. The Morgan fingerprint density at radius 2 is 1.67 bits per heavy atom. The molecule has 0 amide bonds. The highest BCUT2D eigenvalue weighted by Crippen LogP contribution is 2.39. The molecule has 0 aliphatic heterocycles. The molecule has 2 N–H and O–H groups in total. The molecule has 1 aromatic rings. The Morgan fingerprint density at radius 1 is 1.17 bits per heavy atom. The average molecular weight is 273 g/mol. The van der Waals surface area contributed by atoms with E-state index in [4.69, 9.17) is 25.2 Å². The van der Waals surface area contributed by atoms with Gasteiger partial charge in [-0.05, 0) is 17.7 Å². The van der Waals surface area contributed by atoms with Crippen LogP contribution < -0.4 is 19.9 Å². The summed E-state index contributed by atoms with van der Waals surface area (Å²) in [6.45, 7) is 0. The molecule has 1 aromatic carbocycles. The van der Waals surface area contributed by atoms with Gasteiger partial charge in [-0.15, -0.1) is 12.4 Å². The van der Waals surface area contributed by atoms with E-state index in [1.807, 2.05) is 6.07 Å². The molecule has 6 heteroatoms. The van der Waals surface area contributed by atoms with Crippen LogP contribution in [0.2, 0.25) is 0 Å². The summed E-state index contributed by atoms with van der Waals surface area (Å²) in [5.74, 6) is 1.59. The lowest BCUT2D eigenvalue weighted by atomic mass is 10.0. The second-order valence-corrected chi connectivity index (χ2v) is 3.43. The molecule has 0 saturated heterocycles. The van der Waals surface area contributed by atoms with E-state index in [1.165, 1.54) is 21.3 Å². The van der Waals surface area contributed by atoms with Crippen molar-refractivity contribution in [1.82, 2.24) is 0 Å². The van der Waals surface area contributed by atoms with E-state index in [2.05, 4.69) is 0 Å². The van der Waals surface area contributed by atoms with Gasteiger partial charge in [0.1, 0.15) is 0 Å². The van der Waals surface area contributed by atoms with Crippen molar-refractivity contribution < 1.29 is 14.2 Å². The molecule has 1 rings (SSSR count). The lowest BCUT2D eigenvalue weighted by Crippen LogP contribution is -2.10. The topological polar surface area (TPSA) is 77.5 Å². The van der Waals surface area contributed by atoms with Crippen molar-refractivity contribution in [2.45, 2.75) is 12.5 Å². The first-order valence-electron chi connectivity index (χ1n) is 5.10. The third-order valence-corrected chi connectivity index (χ3v) is 2.43. The molecule has 0 bridgehead atoms. The average Bonchev–Trinajstić information content (AvgIpc) is 2.37. The van der Waals surface area contributed by atoms with Gasteiger partial charge in [0.2, 0.25) is 5.75 Å². The number of halogens is 1. The quantitative estimate of drug-likeness (QED) is 0.888. The third-order valence-electron chi connectivity index (χ3n) is 2.43. The lowest BCUT2D eigenvalue weighted by Gasteiger charge is -2.16. The van der Waals surface area contributed by atoms with Crippen molar-refractivity contribution in [2.24, 2.45) is 5.73 Å². The number of ether oxygens (including phenoxy) is 3. The predicted molar refractivity (Wildman–Crippen MR) is 70.5 cm³/mol. The van der Waals surface area contributed by atoms with Crippen LogP contribution in [-0.2, 0) is 0 Å². The van der Waals surface area contributed by atoms with Crippen LogP contribution in [0.5, 0.6) is 17.2 Å². The molecule has 0 saturated carbocycles. The third kappa shape index (κ3) is 3.42. The zero-order chi connectivity index (χ0) is 12.8. The monoisotopic (exact) mass is 272 g/mol. The minimum atomic E-state index is -0.367. The molecule has 1 atom stereocenters. The highest BCUT2D eigenvalue weighted by Gasteiger charge is 2.16. The van der Waals surface area contributed by atoms with Gasteiger partial charge in [-0.25, -0.2) is 0 Å². The van der Waals surface area contributed by atoms with Crippen molar-refractivity contribution in [3.63, 3.8) is 0 Å². The molecule has 0 spiro atoms. The summed E-state index contributed by atoms with van der Waals surface area (Å²) in [7, 11) is 4.61. The molecule has 0 unspecified atom stereocenters. The smallest absolute Gasteiger partial charge is 0.203 e. The standard InChI is InChI=1S/C12H16N2O3.ClH/c1-15-10-6-8(9(14)4-5-13)7-11(16-2)12(10)17-3;/h6-7,9H,4,14H2,1-3H3;1H/t9-;/m0./s1. The van der Waals surface area contributed by atoms with Gasteiger partial charge in [-0.2, -0.15) is 5.26 Å². The van der Waals surface area contributed by atoms with Crippen LogP contribution in [0.4, 0.5) is 0 Å². The molecule has 0 aromatic heterocycles. The van der Waals surface area contributed by atoms with Crippen LogP contribution in [0.25, 0.3) is 0 Å². The fourth-order valence-electron chi connectivity index (χ4n) is 1.53. The van der Waals surface area contributed by atoms with E-state index >= 15 is 0 Å². The Balaban J connectivity index is 0.00000289. The van der Waals surface area contributed by atoms with Crippen LogP contribution in [0.1, 0.15) is 18.0 Å². The maximum Gasteiger partial charge on any atom is 0.203 e. The lowest BCUT2D eigenvalue weighted by molar-refractivity contribution is 0.323. The summed E-state index contributed by atoms with van der Waals surface area (Å²) < 4.78 is 15.6. The van der Waals surface area contributed by atoms with E-state index in [-0.39, 0.29) is 24.9 Å². The fourth-order valence-corrected chi connectivity index (χ4v) is 1.53. The van der Waals surface area contributed by atoms with Gasteiger partial charge >= 0.3 is 0 Å². The normalized spacial score (nSPS) is 10.8. The summed E-state index contributed by atoms with van der Waals surface area (Å²) in [4.78, 5) is 0. The molecule has 0 aliphatic carbocycles.